The normalized spacial score (nSPS) is 13.7. The van der Waals surface area contributed by atoms with Crippen molar-refractivity contribution in [3.63, 3.8) is 0 Å². The molecule has 0 saturated heterocycles. The van der Waals surface area contributed by atoms with Crippen molar-refractivity contribution in [1.82, 2.24) is 0 Å². The van der Waals surface area contributed by atoms with E-state index in [9.17, 15) is 4.89 Å². The lowest BCUT2D eigenvalue weighted by atomic mass is 10.1. The molecule has 0 aromatic heterocycles. The Morgan fingerprint density at radius 2 is 1.61 bits per heavy atom. The summed E-state index contributed by atoms with van der Waals surface area (Å²) >= 11 is 0. The zero-order valence-electron chi connectivity index (χ0n) is 15.6. The van der Waals surface area contributed by atoms with Crippen molar-refractivity contribution in [1.29, 1.82) is 0 Å². The second-order valence-electron chi connectivity index (χ2n) is 5.80. The van der Waals surface area contributed by atoms with Gasteiger partial charge in [-0.3, -0.25) is 0 Å². The summed E-state index contributed by atoms with van der Waals surface area (Å²) in [5.41, 5.74) is 3.82. The Labute approximate surface area is 143 Å². The Morgan fingerprint density at radius 3 is 2.13 bits per heavy atom. The van der Waals surface area contributed by atoms with Gasteiger partial charge < -0.3 is 0 Å². The molecule has 0 bridgehead atoms. The van der Waals surface area contributed by atoms with Crippen molar-refractivity contribution in [3.8, 4) is 0 Å². The molecule has 23 heavy (non-hydrogen) atoms. The standard InChI is InChI=1S/C19H34O3P/c1-7-21-23(20,22-8-2)16-15-19(6)14-10-13-18(5)12-9-11-17(3)4/h10-11,13-15,20H,7-9,12,16H2,1-6H3/q+1/b14-10+,18-13+,19-15+. The van der Waals surface area contributed by atoms with Gasteiger partial charge in [0, 0.05) is 0 Å². The molecule has 0 aliphatic heterocycles. The van der Waals surface area contributed by atoms with Gasteiger partial charge in [0.1, 0.15) is 0 Å². The van der Waals surface area contributed by atoms with Gasteiger partial charge in [0.05, 0.1) is 13.2 Å². The Bertz CT molecular complexity index is 438. The van der Waals surface area contributed by atoms with Gasteiger partial charge in [-0.25, -0.2) is 0 Å². The Balaban J connectivity index is 4.49. The molecule has 0 aliphatic carbocycles. The van der Waals surface area contributed by atoms with Crippen LogP contribution in [0.4, 0.5) is 0 Å². The van der Waals surface area contributed by atoms with E-state index in [2.05, 4.69) is 39.0 Å². The minimum atomic E-state index is -2.73. The molecule has 132 valence electrons. The maximum atomic E-state index is 10.3. The third-order valence-electron chi connectivity index (χ3n) is 3.14. The van der Waals surface area contributed by atoms with Gasteiger partial charge in [-0.1, -0.05) is 41.0 Å². The Morgan fingerprint density at radius 1 is 1.00 bits per heavy atom. The van der Waals surface area contributed by atoms with Crippen LogP contribution >= 0.6 is 7.94 Å². The van der Waals surface area contributed by atoms with E-state index >= 15 is 0 Å². The fourth-order valence-corrected chi connectivity index (χ4v) is 3.52. The van der Waals surface area contributed by atoms with Gasteiger partial charge in [-0.05, 0) is 60.5 Å². The highest BCUT2D eigenvalue weighted by molar-refractivity contribution is 7.60. The number of rotatable bonds is 11. The zero-order valence-corrected chi connectivity index (χ0v) is 16.5. The van der Waals surface area contributed by atoms with Crippen LogP contribution < -0.4 is 0 Å². The van der Waals surface area contributed by atoms with Crippen LogP contribution in [-0.4, -0.2) is 24.3 Å². The molecule has 4 heteroatoms. The third-order valence-corrected chi connectivity index (χ3v) is 5.10. The molecule has 1 N–H and O–H groups in total. The van der Waals surface area contributed by atoms with Crippen molar-refractivity contribution >= 4 is 7.94 Å². The van der Waals surface area contributed by atoms with Crippen molar-refractivity contribution in [3.05, 3.63) is 47.1 Å². The molecule has 0 radical (unpaired) electrons. The number of hydrogen-bond donors (Lipinski definition) is 1. The SMILES string of the molecule is CCO[P+](O)(C/C=C(C)/C=C/C=C(\C)CCC=C(C)C)OCC. The van der Waals surface area contributed by atoms with Crippen LogP contribution in [0.25, 0.3) is 0 Å². The van der Waals surface area contributed by atoms with E-state index in [1.165, 1.54) is 11.1 Å². The summed E-state index contributed by atoms with van der Waals surface area (Å²) < 4.78 is 10.8. The topological polar surface area (TPSA) is 38.7 Å². The summed E-state index contributed by atoms with van der Waals surface area (Å²) in [6, 6.07) is 0. The fourth-order valence-electron chi connectivity index (χ4n) is 1.91. The molecule has 0 amide bonds. The number of allylic oxidation sites excluding steroid dienone is 8. The molecule has 0 saturated carbocycles. The molecule has 3 nitrogen and oxygen atoms in total. The average molecular weight is 341 g/mol. The predicted molar refractivity (Wildman–Crippen MR) is 103 cm³/mol. The van der Waals surface area contributed by atoms with Crippen molar-refractivity contribution < 1.29 is 13.9 Å². The molecular weight excluding hydrogens is 307 g/mol. The first-order valence-corrected chi connectivity index (χ1v) is 10.1. The highest BCUT2D eigenvalue weighted by Crippen LogP contribution is 2.56. The second kappa shape index (κ2) is 12.7. The van der Waals surface area contributed by atoms with E-state index in [-0.39, 0.29) is 0 Å². The highest BCUT2D eigenvalue weighted by Gasteiger charge is 2.38. The van der Waals surface area contributed by atoms with Crippen molar-refractivity contribution in [2.24, 2.45) is 0 Å². The first-order valence-electron chi connectivity index (χ1n) is 8.36. The zero-order chi connectivity index (χ0) is 17.7. The summed E-state index contributed by atoms with van der Waals surface area (Å²) in [5, 5.41) is 0. The predicted octanol–water partition coefficient (Wildman–Crippen LogP) is 6.01. The lowest BCUT2D eigenvalue weighted by Crippen LogP contribution is -2.05. The van der Waals surface area contributed by atoms with Gasteiger partial charge in [-0.2, -0.15) is 13.9 Å². The van der Waals surface area contributed by atoms with Gasteiger partial charge in [-0.15, -0.1) is 0 Å². The molecular formula is C19H34O3P+. The smallest absolute Gasteiger partial charge is 0.192 e. The van der Waals surface area contributed by atoms with Gasteiger partial charge in [0.2, 0.25) is 0 Å². The van der Waals surface area contributed by atoms with Crippen LogP contribution in [0.3, 0.4) is 0 Å². The molecule has 0 rings (SSSR count). The van der Waals surface area contributed by atoms with Crippen LogP contribution in [0, 0.1) is 0 Å². The van der Waals surface area contributed by atoms with E-state index < -0.39 is 7.94 Å². The van der Waals surface area contributed by atoms with E-state index in [1.54, 1.807) is 0 Å². The lowest BCUT2D eigenvalue weighted by molar-refractivity contribution is 0.192. The monoisotopic (exact) mass is 341 g/mol. The van der Waals surface area contributed by atoms with Gasteiger partial charge in [0.15, 0.2) is 6.16 Å². The number of hydrogen-bond acceptors (Lipinski definition) is 3. The molecule has 0 unspecified atom stereocenters. The maximum absolute atomic E-state index is 10.3. The minimum absolute atomic E-state index is 0.425. The summed E-state index contributed by atoms with van der Waals surface area (Å²) in [7, 11) is -2.73. The van der Waals surface area contributed by atoms with Crippen LogP contribution in [0.2, 0.25) is 0 Å². The first-order chi connectivity index (χ1) is 10.8. The minimum Gasteiger partial charge on any atom is -0.192 e. The lowest BCUT2D eigenvalue weighted by Gasteiger charge is -2.14. The molecule has 0 aliphatic rings. The van der Waals surface area contributed by atoms with Gasteiger partial charge >= 0.3 is 7.94 Å². The Kier molecular flexibility index (Phi) is 12.3. The van der Waals surface area contributed by atoms with Crippen molar-refractivity contribution in [2.75, 3.05) is 19.4 Å². The summed E-state index contributed by atoms with van der Waals surface area (Å²) in [6.07, 6.45) is 13.1. The van der Waals surface area contributed by atoms with E-state index in [4.69, 9.17) is 9.05 Å². The summed E-state index contributed by atoms with van der Waals surface area (Å²) in [5.74, 6) is 0. The van der Waals surface area contributed by atoms with E-state index in [1.807, 2.05) is 32.9 Å². The van der Waals surface area contributed by atoms with Crippen molar-refractivity contribution in [2.45, 2.75) is 54.4 Å². The maximum Gasteiger partial charge on any atom is 0.412 e. The Hall–Kier alpha value is -0.730. The van der Waals surface area contributed by atoms with Crippen LogP contribution in [0.15, 0.2) is 47.1 Å². The molecule has 0 aromatic rings. The third kappa shape index (κ3) is 12.4. The molecule has 0 spiro atoms. The van der Waals surface area contributed by atoms with E-state index in [0.717, 1.165) is 18.4 Å². The first kappa shape index (κ1) is 22.3. The quantitative estimate of drug-likeness (QED) is 0.284. The van der Waals surface area contributed by atoms with E-state index in [0.29, 0.717) is 19.4 Å². The summed E-state index contributed by atoms with van der Waals surface area (Å²) in [4.78, 5) is 10.3. The second-order valence-corrected chi connectivity index (χ2v) is 7.95. The molecule has 0 atom stereocenters. The van der Waals surface area contributed by atoms with Gasteiger partial charge in [0.25, 0.3) is 0 Å². The molecule has 0 heterocycles. The summed E-state index contributed by atoms with van der Waals surface area (Å²) in [6.45, 7) is 13.1. The molecule has 0 fully saturated rings. The van der Waals surface area contributed by atoms with Crippen LogP contribution in [0.1, 0.15) is 54.4 Å². The molecule has 0 aromatic carbocycles. The largest absolute Gasteiger partial charge is 0.412 e. The van der Waals surface area contributed by atoms with Crippen LogP contribution in [-0.2, 0) is 9.05 Å². The fraction of sp³-hybridized carbons (Fsp3) is 0.579. The highest BCUT2D eigenvalue weighted by atomic mass is 31.2. The van der Waals surface area contributed by atoms with Crippen LogP contribution in [0.5, 0.6) is 0 Å². The average Bonchev–Trinajstić information content (AvgIpc) is 2.45.